The Hall–Kier alpha value is -2.18. The molecule has 0 radical (unpaired) electrons. The van der Waals surface area contributed by atoms with Gasteiger partial charge in [0.05, 0.1) is 0 Å². The third-order valence-electron chi connectivity index (χ3n) is 2.86. The van der Waals surface area contributed by atoms with Gasteiger partial charge in [0.2, 0.25) is 5.91 Å². The number of hydrogen-bond donors (Lipinski definition) is 3. The van der Waals surface area contributed by atoms with E-state index in [1.54, 1.807) is 12.1 Å². The van der Waals surface area contributed by atoms with Gasteiger partial charge in [-0.3, -0.25) is 9.59 Å². The molecule has 0 bridgehead atoms. The van der Waals surface area contributed by atoms with E-state index >= 15 is 0 Å². The van der Waals surface area contributed by atoms with E-state index in [0.717, 1.165) is 6.54 Å². The van der Waals surface area contributed by atoms with Gasteiger partial charge in [-0.25, -0.2) is 0 Å². The van der Waals surface area contributed by atoms with Crippen LogP contribution in [0.3, 0.4) is 0 Å². The minimum atomic E-state index is -0.267. The van der Waals surface area contributed by atoms with Crippen LogP contribution < -0.4 is 16.0 Å². The Kier molecular flexibility index (Phi) is 4.27. The normalized spacial score (nSPS) is 18.6. The minimum absolute atomic E-state index is 0.0280. The zero-order valence-electron chi connectivity index (χ0n) is 10.8. The van der Waals surface area contributed by atoms with E-state index in [-0.39, 0.29) is 23.6 Å². The first kappa shape index (κ1) is 13.3. The zero-order valence-corrected chi connectivity index (χ0v) is 10.8. The highest BCUT2D eigenvalue weighted by Gasteiger charge is 2.20. The molecule has 19 heavy (non-hydrogen) atoms. The predicted octanol–water partition coefficient (Wildman–Crippen LogP) is -0.0832. The minimum Gasteiger partial charge on any atom is -0.369 e. The average Bonchev–Trinajstić information content (AvgIpc) is 2.42. The van der Waals surface area contributed by atoms with E-state index in [2.05, 4.69) is 26.1 Å². The molecular formula is C12H17N5O2. The summed E-state index contributed by atoms with van der Waals surface area (Å²) in [7, 11) is 0. The number of aromatic nitrogens is 2. The van der Waals surface area contributed by atoms with E-state index in [1.807, 2.05) is 6.92 Å². The van der Waals surface area contributed by atoms with Crippen LogP contribution in [0.5, 0.6) is 0 Å². The van der Waals surface area contributed by atoms with Crippen LogP contribution in [0.2, 0.25) is 0 Å². The molecule has 0 spiro atoms. The van der Waals surface area contributed by atoms with Gasteiger partial charge in [-0.05, 0) is 25.5 Å². The topological polar surface area (TPSA) is 96.0 Å². The molecule has 7 heteroatoms. The first-order valence-electron chi connectivity index (χ1n) is 6.34. The van der Waals surface area contributed by atoms with Crippen LogP contribution in [-0.2, 0) is 4.79 Å². The number of hydrogen-bond acceptors (Lipinski definition) is 5. The fourth-order valence-electron chi connectivity index (χ4n) is 1.84. The van der Waals surface area contributed by atoms with E-state index in [1.165, 1.54) is 0 Å². The van der Waals surface area contributed by atoms with E-state index in [0.29, 0.717) is 25.2 Å². The first-order valence-corrected chi connectivity index (χ1v) is 6.34. The highest BCUT2D eigenvalue weighted by atomic mass is 16.2. The van der Waals surface area contributed by atoms with Crippen LogP contribution in [0.4, 0.5) is 5.82 Å². The Bertz CT molecular complexity index is 450. The number of piperidine rings is 1. The number of anilines is 1. The molecule has 1 atom stereocenters. The van der Waals surface area contributed by atoms with Gasteiger partial charge in [0.1, 0.15) is 5.82 Å². The third kappa shape index (κ3) is 3.64. The van der Waals surface area contributed by atoms with Gasteiger partial charge >= 0.3 is 0 Å². The number of carbonyl (C=O) groups is 2. The zero-order chi connectivity index (χ0) is 13.7. The maximum Gasteiger partial charge on any atom is 0.272 e. The van der Waals surface area contributed by atoms with Gasteiger partial charge in [-0.1, -0.05) is 0 Å². The van der Waals surface area contributed by atoms with Crippen molar-refractivity contribution in [3.05, 3.63) is 17.8 Å². The summed E-state index contributed by atoms with van der Waals surface area (Å²) in [4.78, 5) is 22.9. The van der Waals surface area contributed by atoms with Gasteiger partial charge in [-0.15, -0.1) is 10.2 Å². The molecule has 1 saturated heterocycles. The largest absolute Gasteiger partial charge is 0.369 e. The molecule has 2 rings (SSSR count). The quantitative estimate of drug-likeness (QED) is 0.706. The fourth-order valence-corrected chi connectivity index (χ4v) is 1.84. The van der Waals surface area contributed by atoms with Gasteiger partial charge in [0.25, 0.3) is 5.91 Å². The van der Waals surface area contributed by atoms with Crippen LogP contribution in [-0.4, -0.2) is 41.1 Å². The van der Waals surface area contributed by atoms with Crippen molar-refractivity contribution in [3.63, 3.8) is 0 Å². The van der Waals surface area contributed by atoms with Crippen LogP contribution in [0.25, 0.3) is 0 Å². The summed E-state index contributed by atoms with van der Waals surface area (Å²) in [5.41, 5.74) is 0.276. The van der Waals surface area contributed by atoms with Crippen molar-refractivity contribution in [1.82, 2.24) is 20.8 Å². The second kappa shape index (κ2) is 6.12. The number of nitrogens with zero attached hydrogens (tertiary/aromatic N) is 2. The lowest BCUT2D eigenvalue weighted by atomic mass is 10.1. The Labute approximate surface area is 111 Å². The summed E-state index contributed by atoms with van der Waals surface area (Å²) in [6.07, 6.45) is 1.09. The highest BCUT2D eigenvalue weighted by molar-refractivity contribution is 5.92. The number of nitrogens with one attached hydrogen (secondary N) is 3. The summed E-state index contributed by atoms with van der Waals surface area (Å²) in [5.74, 6) is 0.404. The molecule has 1 aromatic heterocycles. The molecule has 2 heterocycles. The molecule has 1 aliphatic heterocycles. The molecule has 1 unspecified atom stereocenters. The molecule has 0 aliphatic carbocycles. The smallest absolute Gasteiger partial charge is 0.272 e. The molecule has 3 N–H and O–H groups in total. The lowest BCUT2D eigenvalue weighted by Gasteiger charge is -2.23. The maximum absolute atomic E-state index is 11.9. The Morgan fingerprint density at radius 1 is 1.47 bits per heavy atom. The second-order valence-corrected chi connectivity index (χ2v) is 4.35. The highest BCUT2D eigenvalue weighted by Crippen LogP contribution is 2.05. The fraction of sp³-hybridized carbons (Fsp3) is 0.500. The molecule has 1 aromatic rings. The monoisotopic (exact) mass is 263 g/mol. The summed E-state index contributed by atoms with van der Waals surface area (Å²) in [5, 5.41) is 16.3. The van der Waals surface area contributed by atoms with E-state index in [4.69, 9.17) is 0 Å². The van der Waals surface area contributed by atoms with Crippen LogP contribution in [0.15, 0.2) is 12.1 Å². The van der Waals surface area contributed by atoms with Gasteiger partial charge in [0.15, 0.2) is 5.69 Å². The molecular weight excluding hydrogens is 246 g/mol. The van der Waals surface area contributed by atoms with Gasteiger partial charge in [0, 0.05) is 25.6 Å². The van der Waals surface area contributed by atoms with Crippen molar-refractivity contribution < 1.29 is 9.59 Å². The third-order valence-corrected chi connectivity index (χ3v) is 2.86. The van der Waals surface area contributed by atoms with Crippen molar-refractivity contribution in [3.8, 4) is 0 Å². The van der Waals surface area contributed by atoms with Crippen LogP contribution >= 0.6 is 0 Å². The number of amides is 2. The van der Waals surface area contributed by atoms with Gasteiger partial charge < -0.3 is 16.0 Å². The molecule has 1 fully saturated rings. The number of rotatable bonds is 4. The van der Waals surface area contributed by atoms with Gasteiger partial charge in [-0.2, -0.15) is 0 Å². The van der Waals surface area contributed by atoms with Crippen molar-refractivity contribution in [1.29, 1.82) is 0 Å². The van der Waals surface area contributed by atoms with E-state index in [9.17, 15) is 9.59 Å². The maximum atomic E-state index is 11.9. The molecule has 2 amide bonds. The Morgan fingerprint density at radius 2 is 2.32 bits per heavy atom. The molecule has 0 aromatic carbocycles. The lowest BCUT2D eigenvalue weighted by Crippen LogP contribution is -2.47. The standard InChI is InChI=1S/C12H17N5O2/c1-2-13-10-5-4-9(16-17-10)12(19)15-8-3-6-11(18)14-7-8/h4-5,8H,2-3,6-7H2,1H3,(H,13,17)(H,14,18)(H,15,19). The summed E-state index contributed by atoms with van der Waals surface area (Å²) < 4.78 is 0. The number of carbonyl (C=O) groups excluding carboxylic acids is 2. The summed E-state index contributed by atoms with van der Waals surface area (Å²) >= 11 is 0. The molecule has 0 saturated carbocycles. The van der Waals surface area contributed by atoms with Crippen molar-refractivity contribution in [2.75, 3.05) is 18.4 Å². The molecule has 102 valence electrons. The van der Waals surface area contributed by atoms with Crippen LogP contribution in [0, 0.1) is 0 Å². The first-order chi connectivity index (χ1) is 9.19. The molecule has 7 nitrogen and oxygen atoms in total. The predicted molar refractivity (Wildman–Crippen MR) is 69.7 cm³/mol. The average molecular weight is 263 g/mol. The Morgan fingerprint density at radius 3 is 2.89 bits per heavy atom. The summed E-state index contributed by atoms with van der Waals surface area (Å²) in [6.45, 7) is 3.18. The van der Waals surface area contributed by atoms with Crippen molar-refractivity contribution >= 4 is 17.6 Å². The summed E-state index contributed by atoms with van der Waals surface area (Å²) in [6, 6.07) is 3.30. The van der Waals surface area contributed by atoms with Crippen molar-refractivity contribution in [2.45, 2.75) is 25.8 Å². The van der Waals surface area contributed by atoms with E-state index < -0.39 is 0 Å². The molecule has 1 aliphatic rings. The second-order valence-electron chi connectivity index (χ2n) is 4.35. The lowest BCUT2D eigenvalue weighted by molar-refractivity contribution is -0.122. The van der Waals surface area contributed by atoms with Crippen molar-refractivity contribution in [2.24, 2.45) is 0 Å². The SMILES string of the molecule is CCNc1ccc(C(=O)NC2CCC(=O)NC2)nn1. The Balaban J connectivity index is 1.90. The van der Waals surface area contributed by atoms with Crippen LogP contribution in [0.1, 0.15) is 30.3 Å².